The van der Waals surface area contributed by atoms with Gasteiger partial charge in [0.05, 0.1) is 22.1 Å². The Morgan fingerprint density at radius 3 is 2.68 bits per heavy atom. The van der Waals surface area contributed by atoms with Crippen LogP contribution in [0.5, 0.6) is 0 Å². The molecule has 1 unspecified atom stereocenters. The predicted molar refractivity (Wildman–Crippen MR) is 163 cm³/mol. The summed E-state index contributed by atoms with van der Waals surface area (Å²) < 4.78 is 3.96. The number of benzene rings is 1. The summed E-state index contributed by atoms with van der Waals surface area (Å²) in [6, 6.07) is 11.8. The quantitative estimate of drug-likeness (QED) is 0.396. The first kappa shape index (κ1) is 25.8. The van der Waals surface area contributed by atoms with E-state index in [1.807, 2.05) is 64.8 Å². The van der Waals surface area contributed by atoms with Crippen molar-refractivity contribution in [1.82, 2.24) is 29.1 Å². The van der Waals surface area contributed by atoms with E-state index in [0.717, 1.165) is 68.2 Å². The molecule has 0 aliphatic carbocycles. The summed E-state index contributed by atoms with van der Waals surface area (Å²) in [5.41, 5.74) is 4.02. The molecule has 41 heavy (non-hydrogen) atoms. The zero-order valence-electron chi connectivity index (χ0n) is 23.7. The Balaban J connectivity index is 1.33. The molecule has 212 valence electrons. The number of likely N-dealkylation sites (N-methyl/N-ethyl adjacent to an activating group) is 1. The molecule has 0 radical (unpaired) electrons. The van der Waals surface area contributed by atoms with Crippen molar-refractivity contribution in [3.8, 4) is 0 Å². The number of amides is 1. The van der Waals surface area contributed by atoms with Gasteiger partial charge in [0.25, 0.3) is 5.91 Å². The molecule has 7 rings (SSSR count). The highest BCUT2D eigenvalue weighted by Gasteiger charge is 2.29. The van der Waals surface area contributed by atoms with Crippen LogP contribution in [0.2, 0.25) is 0 Å². The molecule has 3 aliphatic heterocycles. The third-order valence-corrected chi connectivity index (χ3v) is 8.92. The number of carbonyl (C=O) groups excluding carboxylic acids is 1. The maximum atomic E-state index is 14.1. The molecule has 0 saturated carbocycles. The van der Waals surface area contributed by atoms with E-state index in [0.29, 0.717) is 29.1 Å². The lowest BCUT2D eigenvalue weighted by Gasteiger charge is -2.22. The first-order chi connectivity index (χ1) is 20.0. The molecule has 1 aromatic carbocycles. The molecule has 3 aromatic heterocycles. The highest BCUT2D eigenvalue weighted by molar-refractivity contribution is 6.05. The number of hydrogen-bond acceptors (Lipinski definition) is 7. The summed E-state index contributed by atoms with van der Waals surface area (Å²) in [6.07, 6.45) is 7.33. The fraction of sp³-hybridized carbons (Fsp3) is 0.419. The van der Waals surface area contributed by atoms with Crippen LogP contribution in [0.3, 0.4) is 0 Å². The monoisotopic (exact) mass is 552 g/mol. The lowest BCUT2D eigenvalue weighted by atomic mass is 10.1. The van der Waals surface area contributed by atoms with Crippen LogP contribution >= 0.6 is 0 Å². The molecule has 0 spiro atoms. The van der Waals surface area contributed by atoms with Crippen molar-refractivity contribution in [3.63, 3.8) is 0 Å². The minimum Gasteiger partial charge on any atom is -0.384 e. The van der Waals surface area contributed by atoms with E-state index in [1.54, 1.807) is 11.9 Å². The van der Waals surface area contributed by atoms with Crippen molar-refractivity contribution in [2.24, 2.45) is 18.0 Å². The van der Waals surface area contributed by atoms with Gasteiger partial charge in [-0.3, -0.25) is 19.0 Å². The van der Waals surface area contributed by atoms with Gasteiger partial charge in [-0.2, -0.15) is 0 Å². The molecule has 2 saturated heterocycles. The number of hydrogen-bond donors (Lipinski definition) is 1. The van der Waals surface area contributed by atoms with Crippen molar-refractivity contribution < 1.29 is 4.79 Å². The average Bonchev–Trinajstić information content (AvgIpc) is 3.77. The van der Waals surface area contributed by atoms with E-state index in [4.69, 9.17) is 4.98 Å². The SMILES string of the molecule is CN(CCN1CCCC1)C(=O)c1c(=O)c2ccc(N3CCC(C4=CNCC=N4)C3)nc2n2c3ccccc3n(C)c12. The maximum absolute atomic E-state index is 14.1. The number of aromatic nitrogens is 3. The smallest absolute Gasteiger partial charge is 0.261 e. The molecule has 4 aromatic rings. The van der Waals surface area contributed by atoms with Gasteiger partial charge in [0.15, 0.2) is 5.65 Å². The molecule has 10 heteroatoms. The molecule has 6 heterocycles. The predicted octanol–water partition coefficient (Wildman–Crippen LogP) is 2.85. The maximum Gasteiger partial charge on any atom is 0.261 e. The Hall–Kier alpha value is -4.18. The number of nitrogens with one attached hydrogen (secondary N) is 1. The first-order valence-electron chi connectivity index (χ1n) is 14.6. The molecule has 1 N–H and O–H groups in total. The zero-order chi connectivity index (χ0) is 28.1. The number of anilines is 1. The Bertz CT molecular complexity index is 1780. The topological polar surface area (TPSA) is 90.5 Å². The number of pyridine rings is 2. The number of aliphatic imine (C=N–C) groups is 1. The van der Waals surface area contributed by atoms with Gasteiger partial charge in [0.2, 0.25) is 5.43 Å². The van der Waals surface area contributed by atoms with Gasteiger partial charge in [-0.1, -0.05) is 12.1 Å². The third-order valence-electron chi connectivity index (χ3n) is 8.92. The molecular weight excluding hydrogens is 516 g/mol. The molecule has 10 nitrogen and oxygen atoms in total. The molecule has 0 bridgehead atoms. The van der Waals surface area contributed by atoms with Crippen LogP contribution in [0, 0.1) is 5.92 Å². The van der Waals surface area contributed by atoms with Crippen molar-refractivity contribution >= 4 is 45.7 Å². The highest BCUT2D eigenvalue weighted by Crippen LogP contribution is 2.31. The standard InChI is InChI=1S/C31H36N8O2/c1-35(17-18-37-14-5-6-15-37)31(41)27-28(40)22-9-10-26(38-16-11-21(20-38)23-19-32-12-13-33-23)34-29(22)39-25-8-4-3-7-24(25)36(2)30(27)39/h3-4,7-10,13,19,21,32H,5-6,11-12,14-18,20H2,1-2H3. The fourth-order valence-corrected chi connectivity index (χ4v) is 6.63. The van der Waals surface area contributed by atoms with Crippen LogP contribution < -0.4 is 15.6 Å². The first-order valence-corrected chi connectivity index (χ1v) is 14.6. The van der Waals surface area contributed by atoms with Crippen molar-refractivity contribution in [1.29, 1.82) is 0 Å². The number of nitrogens with zero attached hydrogens (tertiary/aromatic N) is 7. The fourth-order valence-electron chi connectivity index (χ4n) is 6.63. The van der Waals surface area contributed by atoms with Crippen molar-refractivity contribution in [2.75, 3.05) is 57.8 Å². The lowest BCUT2D eigenvalue weighted by molar-refractivity contribution is 0.0782. The van der Waals surface area contributed by atoms with Gasteiger partial charge in [-0.15, -0.1) is 0 Å². The molecule has 2 fully saturated rings. The number of aryl methyl sites for hydroxylation is 1. The average molecular weight is 553 g/mol. The van der Waals surface area contributed by atoms with E-state index in [9.17, 15) is 9.59 Å². The molecule has 3 aliphatic rings. The van der Waals surface area contributed by atoms with Gasteiger partial charge >= 0.3 is 0 Å². The van der Waals surface area contributed by atoms with Crippen molar-refractivity contribution in [2.45, 2.75) is 19.3 Å². The number of para-hydroxylation sites is 2. The Morgan fingerprint density at radius 1 is 1.10 bits per heavy atom. The van der Waals surface area contributed by atoms with E-state index in [2.05, 4.69) is 20.1 Å². The van der Waals surface area contributed by atoms with Gasteiger partial charge in [0.1, 0.15) is 17.0 Å². The number of imidazole rings is 1. The largest absolute Gasteiger partial charge is 0.384 e. The molecular formula is C31H36N8O2. The van der Waals surface area contributed by atoms with E-state index in [1.165, 1.54) is 12.8 Å². The van der Waals surface area contributed by atoms with Crippen molar-refractivity contribution in [3.05, 3.63) is 64.1 Å². The highest BCUT2D eigenvalue weighted by atomic mass is 16.2. The van der Waals surface area contributed by atoms with Crippen LogP contribution in [-0.4, -0.2) is 88.7 Å². The second-order valence-corrected chi connectivity index (χ2v) is 11.4. The second-order valence-electron chi connectivity index (χ2n) is 11.4. The van der Waals surface area contributed by atoms with Gasteiger partial charge in [0, 0.05) is 65.2 Å². The van der Waals surface area contributed by atoms with E-state index >= 15 is 0 Å². The minimum absolute atomic E-state index is 0.200. The molecule has 1 atom stereocenters. The second kappa shape index (κ2) is 10.3. The summed E-state index contributed by atoms with van der Waals surface area (Å²) in [5.74, 6) is 0.908. The number of fused-ring (bicyclic) bond motifs is 5. The number of carbonyl (C=O) groups is 1. The lowest BCUT2D eigenvalue weighted by Crippen LogP contribution is -2.37. The normalized spacial score (nSPS) is 19.4. The number of likely N-dealkylation sites (tertiary alicyclic amines) is 1. The molecule has 1 amide bonds. The van der Waals surface area contributed by atoms with Gasteiger partial charge in [-0.25, -0.2) is 4.98 Å². The van der Waals surface area contributed by atoms with E-state index < -0.39 is 0 Å². The van der Waals surface area contributed by atoms with Crippen LogP contribution in [0.25, 0.3) is 27.7 Å². The Morgan fingerprint density at radius 2 is 1.90 bits per heavy atom. The van der Waals surface area contributed by atoms with Crippen LogP contribution in [0.1, 0.15) is 29.6 Å². The van der Waals surface area contributed by atoms with Crippen LogP contribution in [0.15, 0.2) is 58.1 Å². The Labute approximate surface area is 238 Å². The third kappa shape index (κ3) is 4.37. The van der Waals surface area contributed by atoms with Crippen LogP contribution in [0.4, 0.5) is 5.82 Å². The van der Waals surface area contributed by atoms with Gasteiger partial charge in [-0.05, 0) is 56.6 Å². The summed E-state index contributed by atoms with van der Waals surface area (Å²) in [7, 11) is 3.72. The summed E-state index contributed by atoms with van der Waals surface area (Å²) >= 11 is 0. The van der Waals surface area contributed by atoms with Crippen LogP contribution in [-0.2, 0) is 7.05 Å². The van der Waals surface area contributed by atoms with Gasteiger partial charge < -0.3 is 24.6 Å². The summed E-state index contributed by atoms with van der Waals surface area (Å²) in [4.78, 5) is 44.1. The summed E-state index contributed by atoms with van der Waals surface area (Å²) in [5, 5.41) is 3.72. The Kier molecular flexibility index (Phi) is 6.50. The number of rotatable bonds is 6. The van der Waals surface area contributed by atoms with E-state index in [-0.39, 0.29) is 16.9 Å². The minimum atomic E-state index is -0.268. The zero-order valence-corrected chi connectivity index (χ0v) is 23.7. The summed E-state index contributed by atoms with van der Waals surface area (Å²) in [6.45, 7) is 5.98.